The van der Waals surface area contributed by atoms with Crippen LogP contribution in [0.15, 0.2) is 40.7 Å². The number of thiazole rings is 1. The normalized spacial score (nSPS) is 16.0. The molecule has 1 amide bonds. The summed E-state index contributed by atoms with van der Waals surface area (Å²) in [6.07, 6.45) is 4.71. The van der Waals surface area contributed by atoms with Gasteiger partial charge in [-0.05, 0) is 18.2 Å². The molecule has 12 heteroatoms. The zero-order valence-electron chi connectivity index (χ0n) is 15.3. The van der Waals surface area contributed by atoms with Gasteiger partial charge in [0.05, 0.1) is 5.69 Å². The molecule has 1 aliphatic rings. The Hall–Kier alpha value is -2.34. The Morgan fingerprint density at radius 2 is 1.93 bits per heavy atom. The Kier molecular flexibility index (Phi) is 5.62. The van der Waals surface area contributed by atoms with Crippen LogP contribution in [0.3, 0.4) is 0 Å². The third kappa shape index (κ3) is 3.85. The van der Waals surface area contributed by atoms with Crippen molar-refractivity contribution in [3.8, 4) is 0 Å². The van der Waals surface area contributed by atoms with Gasteiger partial charge in [-0.15, -0.1) is 11.3 Å². The van der Waals surface area contributed by atoms with Gasteiger partial charge in [-0.1, -0.05) is 11.6 Å². The lowest BCUT2D eigenvalue weighted by Crippen LogP contribution is -2.50. The van der Waals surface area contributed by atoms with Gasteiger partial charge in [0.1, 0.15) is 16.5 Å². The molecule has 0 unspecified atom stereocenters. The summed E-state index contributed by atoms with van der Waals surface area (Å²) < 4.78 is 55.1. The quantitative estimate of drug-likeness (QED) is 0.547. The van der Waals surface area contributed by atoms with Gasteiger partial charge in [-0.2, -0.15) is 4.31 Å². The maximum Gasteiger partial charge on any atom is 0.246 e. The van der Waals surface area contributed by atoms with E-state index in [1.165, 1.54) is 22.3 Å². The first-order valence-electron chi connectivity index (χ1n) is 8.80. The summed E-state index contributed by atoms with van der Waals surface area (Å²) in [6, 6.07) is 2.33. The van der Waals surface area contributed by atoms with Crippen LogP contribution in [-0.2, 0) is 14.8 Å². The van der Waals surface area contributed by atoms with Crippen LogP contribution < -0.4 is 0 Å². The fourth-order valence-corrected chi connectivity index (χ4v) is 5.63. The first-order valence-corrected chi connectivity index (χ1v) is 11.5. The van der Waals surface area contributed by atoms with E-state index in [-0.39, 0.29) is 37.2 Å². The molecule has 1 aliphatic heterocycles. The molecule has 0 N–H and O–H groups in total. The summed E-state index contributed by atoms with van der Waals surface area (Å²) in [5.41, 5.74) is 0.578. The van der Waals surface area contributed by atoms with Gasteiger partial charge in [0.2, 0.25) is 15.9 Å². The van der Waals surface area contributed by atoms with E-state index in [0.29, 0.717) is 16.7 Å². The first-order chi connectivity index (χ1) is 14.3. The number of rotatable bonds is 4. The maximum absolute atomic E-state index is 13.9. The molecule has 3 aromatic rings. The topological polar surface area (TPSA) is 75.0 Å². The molecule has 2 aromatic heterocycles. The number of carbonyl (C=O) groups excluding carboxylic acids is 1. The Bertz CT molecular complexity index is 1250. The minimum Gasteiger partial charge on any atom is -0.337 e. The maximum atomic E-state index is 13.9. The van der Waals surface area contributed by atoms with Crippen molar-refractivity contribution in [1.29, 1.82) is 0 Å². The number of fused-ring (bicyclic) bond motifs is 1. The van der Waals surface area contributed by atoms with Crippen LogP contribution in [0, 0.1) is 11.6 Å². The fraction of sp³-hybridized carbons (Fsp3) is 0.222. The van der Waals surface area contributed by atoms with Gasteiger partial charge in [-0.3, -0.25) is 9.20 Å². The average molecular weight is 473 g/mol. The van der Waals surface area contributed by atoms with Crippen molar-refractivity contribution in [3.05, 3.63) is 58.3 Å². The first kappa shape index (κ1) is 20.9. The predicted octanol–water partition coefficient (Wildman–Crippen LogP) is 2.87. The highest BCUT2D eigenvalue weighted by Gasteiger charge is 2.31. The van der Waals surface area contributed by atoms with Crippen LogP contribution in [0.2, 0.25) is 5.15 Å². The number of hydrogen-bond donors (Lipinski definition) is 0. The molecule has 0 saturated carbocycles. The van der Waals surface area contributed by atoms with Crippen LogP contribution in [0.5, 0.6) is 0 Å². The van der Waals surface area contributed by atoms with Gasteiger partial charge in [0.15, 0.2) is 10.1 Å². The number of halogens is 3. The summed E-state index contributed by atoms with van der Waals surface area (Å²) in [6.45, 7) is 0.278. The molecule has 1 aromatic carbocycles. The molecule has 30 heavy (non-hydrogen) atoms. The highest BCUT2D eigenvalue weighted by atomic mass is 35.5. The van der Waals surface area contributed by atoms with Crippen LogP contribution in [0.1, 0.15) is 5.69 Å². The van der Waals surface area contributed by atoms with Gasteiger partial charge >= 0.3 is 0 Å². The third-order valence-electron chi connectivity index (χ3n) is 4.70. The Labute approximate surface area is 179 Å². The van der Waals surface area contributed by atoms with E-state index in [9.17, 15) is 22.0 Å². The molecule has 3 heterocycles. The lowest BCUT2D eigenvalue weighted by Gasteiger charge is -2.33. The van der Waals surface area contributed by atoms with Crippen LogP contribution in [0.25, 0.3) is 11.0 Å². The molecule has 4 rings (SSSR count). The Morgan fingerprint density at radius 3 is 2.63 bits per heavy atom. The van der Waals surface area contributed by atoms with Gasteiger partial charge in [0.25, 0.3) is 0 Å². The van der Waals surface area contributed by atoms with E-state index in [1.807, 2.05) is 5.38 Å². The second-order valence-corrected chi connectivity index (χ2v) is 9.62. The van der Waals surface area contributed by atoms with Crippen molar-refractivity contribution in [1.82, 2.24) is 18.6 Å². The standard InChI is InChI=1S/C18H15ClF2N4O3S2/c19-17-14(25-9-10-29-18(25)22-17)2-4-16(26)23-5-7-24(8-6-23)30(27,28)15-3-1-12(20)11-13(15)21/h1-4,9-11H,5-8H2/b4-2+. The zero-order chi connectivity index (χ0) is 21.5. The number of imidazole rings is 1. The van der Waals surface area contributed by atoms with Crippen molar-refractivity contribution >= 4 is 49.9 Å². The number of carbonyl (C=O) groups is 1. The van der Waals surface area contributed by atoms with Crippen molar-refractivity contribution in [3.63, 3.8) is 0 Å². The minimum atomic E-state index is -4.12. The zero-order valence-corrected chi connectivity index (χ0v) is 17.7. The number of hydrogen-bond acceptors (Lipinski definition) is 5. The molecule has 1 fully saturated rings. The fourth-order valence-electron chi connectivity index (χ4n) is 3.15. The highest BCUT2D eigenvalue weighted by molar-refractivity contribution is 7.89. The lowest BCUT2D eigenvalue weighted by atomic mass is 10.3. The summed E-state index contributed by atoms with van der Waals surface area (Å²) in [4.78, 5) is 18.3. The number of aromatic nitrogens is 2. The minimum absolute atomic E-state index is 0.000937. The van der Waals surface area contributed by atoms with E-state index in [4.69, 9.17) is 11.6 Å². The molecular formula is C18H15ClF2N4O3S2. The van der Waals surface area contributed by atoms with Gasteiger partial charge in [0, 0.05) is 49.9 Å². The Morgan fingerprint density at radius 1 is 1.20 bits per heavy atom. The molecular weight excluding hydrogens is 458 g/mol. The molecule has 1 saturated heterocycles. The number of sulfonamides is 1. The summed E-state index contributed by atoms with van der Waals surface area (Å²) in [5.74, 6) is -2.30. The lowest BCUT2D eigenvalue weighted by molar-refractivity contribution is -0.127. The van der Waals surface area contributed by atoms with E-state index in [2.05, 4.69) is 4.98 Å². The average Bonchev–Trinajstić information content (AvgIpc) is 3.26. The second kappa shape index (κ2) is 8.06. The van der Waals surface area contributed by atoms with Crippen LogP contribution in [-0.4, -0.2) is 59.1 Å². The number of piperazine rings is 1. The Balaban J connectivity index is 1.43. The molecule has 0 aliphatic carbocycles. The monoisotopic (exact) mass is 472 g/mol. The van der Waals surface area contributed by atoms with Crippen molar-refractivity contribution in [2.24, 2.45) is 0 Å². The third-order valence-corrected chi connectivity index (χ3v) is 7.67. The van der Waals surface area contributed by atoms with E-state index in [0.717, 1.165) is 16.4 Å². The second-order valence-electron chi connectivity index (χ2n) is 6.48. The number of amides is 1. The number of nitrogens with zero attached hydrogens (tertiary/aromatic N) is 4. The number of benzene rings is 1. The summed E-state index contributed by atoms with van der Waals surface area (Å²) in [5, 5.41) is 2.13. The van der Waals surface area contributed by atoms with Crippen molar-refractivity contribution in [2.45, 2.75) is 4.90 Å². The van der Waals surface area contributed by atoms with E-state index < -0.39 is 26.6 Å². The van der Waals surface area contributed by atoms with Gasteiger partial charge in [-0.25, -0.2) is 22.2 Å². The van der Waals surface area contributed by atoms with E-state index in [1.54, 1.807) is 16.7 Å². The molecule has 0 bridgehead atoms. The molecule has 158 valence electrons. The van der Waals surface area contributed by atoms with Crippen LogP contribution in [0.4, 0.5) is 8.78 Å². The SMILES string of the molecule is O=C(/C=C/c1c(Cl)nc2sccn12)N1CCN(S(=O)(=O)c2ccc(F)cc2F)CC1. The largest absolute Gasteiger partial charge is 0.337 e. The molecule has 0 radical (unpaired) electrons. The predicted molar refractivity (Wildman–Crippen MR) is 109 cm³/mol. The van der Waals surface area contributed by atoms with Gasteiger partial charge < -0.3 is 4.90 Å². The highest BCUT2D eigenvalue weighted by Crippen LogP contribution is 2.23. The summed E-state index contributed by atoms with van der Waals surface area (Å²) >= 11 is 7.51. The molecule has 0 spiro atoms. The summed E-state index contributed by atoms with van der Waals surface area (Å²) in [7, 11) is -4.12. The van der Waals surface area contributed by atoms with Crippen molar-refractivity contribution in [2.75, 3.05) is 26.2 Å². The van der Waals surface area contributed by atoms with E-state index >= 15 is 0 Å². The van der Waals surface area contributed by atoms with Crippen molar-refractivity contribution < 1.29 is 22.0 Å². The smallest absolute Gasteiger partial charge is 0.246 e. The molecule has 7 nitrogen and oxygen atoms in total. The van der Waals surface area contributed by atoms with Crippen LogP contribution >= 0.6 is 22.9 Å². The molecule has 0 atom stereocenters.